The molecule has 1 aromatic carbocycles. The van der Waals surface area contributed by atoms with E-state index in [4.69, 9.17) is 0 Å². The summed E-state index contributed by atoms with van der Waals surface area (Å²) in [5.74, 6) is 1.57. The number of ketones is 1. The van der Waals surface area contributed by atoms with Crippen LogP contribution >= 0.6 is 0 Å². The molecule has 0 unspecified atom stereocenters. The Labute approximate surface area is 188 Å². The molecule has 0 bridgehead atoms. The van der Waals surface area contributed by atoms with Gasteiger partial charge in [-0.25, -0.2) is 4.98 Å². The van der Waals surface area contributed by atoms with Crippen molar-refractivity contribution in [1.82, 2.24) is 30.9 Å². The lowest BCUT2D eigenvalue weighted by Crippen LogP contribution is -2.43. The van der Waals surface area contributed by atoms with Gasteiger partial charge in [0.2, 0.25) is 0 Å². The van der Waals surface area contributed by atoms with Crippen molar-refractivity contribution in [1.29, 1.82) is 0 Å². The van der Waals surface area contributed by atoms with E-state index < -0.39 is 0 Å². The molecule has 1 aliphatic rings. The van der Waals surface area contributed by atoms with Crippen LogP contribution in [0.5, 0.6) is 0 Å². The van der Waals surface area contributed by atoms with Crippen molar-refractivity contribution in [2.75, 3.05) is 31.1 Å². The fourth-order valence-corrected chi connectivity index (χ4v) is 4.54. The number of carbonyl (C=O) groups excluding carboxylic acids is 1. The number of tetrazole rings is 1. The minimum absolute atomic E-state index is 0.102. The van der Waals surface area contributed by atoms with E-state index in [0.717, 1.165) is 61.5 Å². The number of carbonyl (C=O) groups is 1. The lowest BCUT2D eigenvalue weighted by atomic mass is 9.81. The molecule has 0 saturated carbocycles. The van der Waals surface area contributed by atoms with Gasteiger partial charge in [-0.3, -0.25) is 4.79 Å². The quantitative estimate of drug-likeness (QED) is 0.535. The zero-order chi connectivity index (χ0) is 22.3. The van der Waals surface area contributed by atoms with Gasteiger partial charge in [0.15, 0.2) is 5.82 Å². The summed E-state index contributed by atoms with van der Waals surface area (Å²) in [7, 11) is 0. The van der Waals surface area contributed by atoms with E-state index in [1.54, 1.807) is 6.92 Å². The highest BCUT2D eigenvalue weighted by atomic mass is 16.1. The van der Waals surface area contributed by atoms with Crippen LogP contribution in [0.1, 0.15) is 44.0 Å². The first kappa shape index (κ1) is 22.1. The highest BCUT2D eigenvalue weighted by molar-refractivity contribution is 5.79. The van der Waals surface area contributed by atoms with Crippen LogP contribution in [0.3, 0.4) is 0 Å². The molecule has 0 aliphatic carbocycles. The fourth-order valence-electron chi connectivity index (χ4n) is 4.54. The Morgan fingerprint density at radius 1 is 1.16 bits per heavy atom. The van der Waals surface area contributed by atoms with E-state index in [9.17, 15) is 4.79 Å². The van der Waals surface area contributed by atoms with Gasteiger partial charge in [-0.2, -0.15) is 5.21 Å². The molecular weight excluding hydrogens is 402 g/mol. The Bertz CT molecular complexity index is 1010. The maximum atomic E-state index is 12.4. The molecule has 8 heteroatoms. The van der Waals surface area contributed by atoms with Crippen LogP contribution in [0.4, 0.5) is 5.82 Å². The summed E-state index contributed by atoms with van der Waals surface area (Å²) < 4.78 is 0. The number of aromatic nitrogens is 5. The van der Waals surface area contributed by atoms with Gasteiger partial charge in [-0.1, -0.05) is 42.8 Å². The topological polar surface area (TPSA) is 99.7 Å². The summed E-state index contributed by atoms with van der Waals surface area (Å²) in [5, 5.41) is 18.1. The number of aromatic amines is 1. The fraction of sp³-hybridized carbons (Fsp3) is 0.458. The maximum Gasteiger partial charge on any atom is 0.178 e. The van der Waals surface area contributed by atoms with Gasteiger partial charge in [0.05, 0.1) is 0 Å². The number of H-pyrrole nitrogens is 1. The van der Waals surface area contributed by atoms with Crippen molar-refractivity contribution >= 4 is 11.6 Å². The van der Waals surface area contributed by atoms with Crippen LogP contribution in [0.2, 0.25) is 0 Å². The minimum atomic E-state index is -0.124. The molecule has 1 fully saturated rings. The summed E-state index contributed by atoms with van der Waals surface area (Å²) in [5.41, 5.74) is 3.44. The van der Waals surface area contributed by atoms with E-state index in [-0.39, 0.29) is 17.6 Å². The highest BCUT2D eigenvalue weighted by Crippen LogP contribution is 2.32. The van der Waals surface area contributed by atoms with Gasteiger partial charge in [-0.05, 0) is 48.6 Å². The Morgan fingerprint density at radius 2 is 1.97 bits per heavy atom. The smallest absolute Gasteiger partial charge is 0.178 e. The predicted octanol–water partition coefficient (Wildman–Crippen LogP) is 3.00. The van der Waals surface area contributed by atoms with Crippen LogP contribution in [-0.2, 0) is 11.2 Å². The predicted molar refractivity (Wildman–Crippen MR) is 124 cm³/mol. The molecule has 3 aromatic rings. The average molecular weight is 434 g/mol. The molecule has 0 radical (unpaired) electrons. The number of rotatable bonds is 9. The van der Waals surface area contributed by atoms with E-state index in [0.29, 0.717) is 12.2 Å². The van der Waals surface area contributed by atoms with Crippen molar-refractivity contribution in [3.63, 3.8) is 0 Å². The van der Waals surface area contributed by atoms with Crippen LogP contribution in [0, 0.1) is 5.92 Å². The second kappa shape index (κ2) is 10.5. The molecule has 4 rings (SSSR count). The number of nitrogens with one attached hydrogen (secondary N) is 2. The summed E-state index contributed by atoms with van der Waals surface area (Å²) in [6, 6.07) is 12.7. The number of piperazine rings is 1. The zero-order valence-corrected chi connectivity index (χ0v) is 18.8. The Kier molecular flexibility index (Phi) is 7.21. The van der Waals surface area contributed by atoms with Crippen LogP contribution in [-0.4, -0.2) is 57.6 Å². The largest absolute Gasteiger partial charge is 0.354 e. The molecule has 2 atom stereocenters. The normalized spacial score (nSPS) is 16.0. The number of Topliss-reactive ketones (excluding diaryl/α,β-unsaturated/α-hetero) is 1. The monoisotopic (exact) mass is 433 g/mol. The third kappa shape index (κ3) is 5.19. The van der Waals surface area contributed by atoms with Crippen molar-refractivity contribution in [2.24, 2.45) is 5.92 Å². The van der Waals surface area contributed by atoms with Crippen molar-refractivity contribution < 1.29 is 4.79 Å². The molecule has 0 amide bonds. The number of benzene rings is 1. The summed E-state index contributed by atoms with van der Waals surface area (Å²) in [6.45, 7) is 7.66. The maximum absolute atomic E-state index is 12.4. The standard InChI is InChI=1S/C24H31N7O/c1-3-5-21(17(2)32)22(24-27-29-30-28-24)15-18-6-4-7-19(14-18)20-8-9-26-23(16-20)31-12-10-25-11-13-31/h4,6-9,14,16,21-22,25H,3,5,10-13,15H2,1-2H3,(H,27,28,29,30)/t21-,22+/m1/s1. The molecule has 1 aliphatic heterocycles. The first-order valence-corrected chi connectivity index (χ1v) is 11.4. The van der Waals surface area contributed by atoms with E-state index in [1.807, 2.05) is 6.20 Å². The van der Waals surface area contributed by atoms with Gasteiger partial charge in [0, 0.05) is 44.2 Å². The molecule has 168 valence electrons. The SMILES string of the molecule is CCC[C@H](C(C)=O)[C@H](Cc1cccc(-c2ccnc(N3CCNCC3)c2)c1)c1nn[nH]n1. The van der Waals surface area contributed by atoms with Crippen molar-refractivity contribution in [3.8, 4) is 11.1 Å². The number of anilines is 1. The number of pyridine rings is 1. The van der Waals surface area contributed by atoms with Crippen LogP contribution in [0.15, 0.2) is 42.6 Å². The third-order valence-corrected chi connectivity index (χ3v) is 6.20. The third-order valence-electron chi connectivity index (χ3n) is 6.20. The van der Waals surface area contributed by atoms with Crippen LogP contribution in [0.25, 0.3) is 11.1 Å². The summed E-state index contributed by atoms with van der Waals surface area (Å²) >= 11 is 0. The Morgan fingerprint density at radius 3 is 2.69 bits per heavy atom. The Balaban J connectivity index is 1.60. The molecule has 32 heavy (non-hydrogen) atoms. The summed E-state index contributed by atoms with van der Waals surface area (Å²) in [6.07, 6.45) is 4.32. The first-order chi connectivity index (χ1) is 15.7. The van der Waals surface area contributed by atoms with Gasteiger partial charge in [-0.15, -0.1) is 10.2 Å². The average Bonchev–Trinajstić information content (AvgIpc) is 3.37. The minimum Gasteiger partial charge on any atom is -0.354 e. The molecule has 8 nitrogen and oxygen atoms in total. The number of hydrogen-bond donors (Lipinski definition) is 2. The second-order valence-corrected chi connectivity index (χ2v) is 8.43. The molecule has 3 heterocycles. The van der Waals surface area contributed by atoms with Crippen molar-refractivity contribution in [2.45, 2.75) is 39.0 Å². The number of hydrogen-bond acceptors (Lipinski definition) is 7. The Hall–Kier alpha value is -3.13. The second-order valence-electron chi connectivity index (χ2n) is 8.43. The lowest BCUT2D eigenvalue weighted by molar-refractivity contribution is -0.121. The van der Waals surface area contributed by atoms with Crippen molar-refractivity contribution in [3.05, 3.63) is 54.0 Å². The van der Waals surface area contributed by atoms with E-state index in [1.165, 1.54) is 0 Å². The highest BCUT2D eigenvalue weighted by Gasteiger charge is 2.30. The first-order valence-electron chi connectivity index (χ1n) is 11.4. The molecule has 0 spiro atoms. The molecule has 2 aromatic heterocycles. The number of nitrogens with zero attached hydrogens (tertiary/aromatic N) is 5. The lowest BCUT2D eigenvalue weighted by Gasteiger charge is -2.28. The van der Waals surface area contributed by atoms with Gasteiger partial charge < -0.3 is 10.2 Å². The molecule has 1 saturated heterocycles. The van der Waals surface area contributed by atoms with E-state index in [2.05, 4.69) is 79.1 Å². The van der Waals surface area contributed by atoms with Gasteiger partial charge in [0.25, 0.3) is 0 Å². The van der Waals surface area contributed by atoms with Gasteiger partial charge >= 0.3 is 0 Å². The van der Waals surface area contributed by atoms with Crippen LogP contribution < -0.4 is 10.2 Å². The summed E-state index contributed by atoms with van der Waals surface area (Å²) in [4.78, 5) is 19.3. The molecule has 2 N–H and O–H groups in total. The van der Waals surface area contributed by atoms with Gasteiger partial charge in [0.1, 0.15) is 11.6 Å². The van der Waals surface area contributed by atoms with E-state index >= 15 is 0 Å². The molecular formula is C24H31N7O. The zero-order valence-electron chi connectivity index (χ0n) is 18.8.